The molecule has 4 rings (SSSR count). The van der Waals surface area contributed by atoms with Crippen LogP contribution in [0.1, 0.15) is 5.56 Å². The maximum Gasteiger partial charge on any atom is 0.263 e. The molecule has 0 spiro atoms. The van der Waals surface area contributed by atoms with Crippen molar-refractivity contribution in [1.29, 1.82) is 0 Å². The van der Waals surface area contributed by atoms with Crippen molar-refractivity contribution in [3.63, 3.8) is 0 Å². The average Bonchev–Trinajstić information content (AvgIpc) is 3.28. The highest BCUT2D eigenvalue weighted by atomic mass is 32.2. The molecule has 1 amide bonds. The van der Waals surface area contributed by atoms with Crippen molar-refractivity contribution in [3.8, 4) is 11.3 Å². The van der Waals surface area contributed by atoms with Crippen LogP contribution in [0.4, 0.5) is 10.8 Å². The minimum Gasteiger partial charge on any atom is -0.325 e. The van der Waals surface area contributed by atoms with Crippen molar-refractivity contribution < 1.29 is 13.2 Å². The fraction of sp³-hybridized carbons (Fsp3) is 0.0909. The molecule has 0 unspecified atom stereocenters. The van der Waals surface area contributed by atoms with Crippen LogP contribution in [0, 0.1) is 6.92 Å². The molecule has 0 saturated heterocycles. The van der Waals surface area contributed by atoms with E-state index in [-0.39, 0.29) is 22.1 Å². The number of amides is 1. The molecule has 11 heteroatoms. The summed E-state index contributed by atoms with van der Waals surface area (Å²) >= 11 is 1.17. The van der Waals surface area contributed by atoms with Crippen LogP contribution < -0.4 is 15.6 Å². The van der Waals surface area contributed by atoms with Gasteiger partial charge in [-0.05, 0) is 31.2 Å². The molecule has 0 aliphatic heterocycles. The Hall–Kier alpha value is -3.83. The van der Waals surface area contributed by atoms with Gasteiger partial charge in [-0.1, -0.05) is 29.8 Å². The van der Waals surface area contributed by atoms with E-state index in [0.29, 0.717) is 11.4 Å². The lowest BCUT2D eigenvalue weighted by atomic mass is 10.1. The van der Waals surface area contributed by atoms with Gasteiger partial charge in [-0.15, -0.1) is 11.3 Å². The fourth-order valence-corrected chi connectivity index (χ4v) is 4.74. The minimum atomic E-state index is -3.78. The van der Waals surface area contributed by atoms with Gasteiger partial charge in [0, 0.05) is 28.9 Å². The Labute approximate surface area is 193 Å². The van der Waals surface area contributed by atoms with Crippen LogP contribution in [-0.4, -0.2) is 28.9 Å². The summed E-state index contributed by atoms with van der Waals surface area (Å²) in [6, 6.07) is 14.7. The first-order valence-corrected chi connectivity index (χ1v) is 12.1. The zero-order valence-electron chi connectivity index (χ0n) is 17.4. The van der Waals surface area contributed by atoms with Crippen molar-refractivity contribution in [2.75, 3.05) is 10.0 Å². The number of hydrogen-bond acceptors (Lipinski definition) is 7. The van der Waals surface area contributed by atoms with Crippen molar-refractivity contribution in [3.05, 3.63) is 88.4 Å². The van der Waals surface area contributed by atoms with Crippen LogP contribution in [0.2, 0.25) is 0 Å². The molecule has 0 bridgehead atoms. The molecule has 9 nitrogen and oxygen atoms in total. The predicted octanol–water partition coefficient (Wildman–Crippen LogP) is 3.11. The molecule has 2 N–H and O–H groups in total. The first-order valence-electron chi connectivity index (χ1n) is 9.76. The SMILES string of the molecule is Cc1ccc(-c2cc(=O)n(CC(=O)Nc3ccc(S(=O)(=O)Nc4nccs4)cc3)cn2)cc1. The van der Waals surface area contributed by atoms with Crippen LogP contribution in [0.5, 0.6) is 0 Å². The lowest BCUT2D eigenvalue weighted by Gasteiger charge is -2.09. The number of nitrogens with one attached hydrogen (secondary N) is 2. The number of benzene rings is 2. The summed E-state index contributed by atoms with van der Waals surface area (Å²) in [6.07, 6.45) is 2.83. The van der Waals surface area contributed by atoms with Crippen LogP contribution >= 0.6 is 11.3 Å². The van der Waals surface area contributed by atoms with E-state index in [1.807, 2.05) is 31.2 Å². The standard InChI is InChI=1S/C22H19N5O4S2/c1-15-2-4-16(5-3-15)19-12-21(29)27(14-24-19)13-20(28)25-17-6-8-18(9-7-17)33(30,31)26-22-23-10-11-32-22/h2-12,14H,13H2,1H3,(H,23,26)(H,25,28). The molecule has 33 heavy (non-hydrogen) atoms. The van der Waals surface area contributed by atoms with E-state index in [0.717, 1.165) is 11.1 Å². The van der Waals surface area contributed by atoms with E-state index in [2.05, 4.69) is 20.0 Å². The van der Waals surface area contributed by atoms with Crippen molar-refractivity contribution in [1.82, 2.24) is 14.5 Å². The molecule has 0 aliphatic carbocycles. The third-order valence-electron chi connectivity index (χ3n) is 4.64. The molecule has 2 aromatic carbocycles. The van der Waals surface area contributed by atoms with Gasteiger partial charge in [0.25, 0.3) is 15.6 Å². The van der Waals surface area contributed by atoms with Crippen LogP contribution in [0.25, 0.3) is 11.3 Å². The number of thiazole rings is 1. The van der Waals surface area contributed by atoms with E-state index in [9.17, 15) is 18.0 Å². The quantitative estimate of drug-likeness (QED) is 0.418. The Morgan fingerprint density at radius 3 is 2.42 bits per heavy atom. The number of anilines is 2. The van der Waals surface area contributed by atoms with Gasteiger partial charge in [-0.25, -0.2) is 18.4 Å². The van der Waals surface area contributed by atoms with Crippen LogP contribution in [-0.2, 0) is 21.4 Å². The van der Waals surface area contributed by atoms with E-state index in [1.54, 1.807) is 5.38 Å². The number of nitrogens with zero attached hydrogens (tertiary/aromatic N) is 3. The molecule has 168 valence electrons. The van der Waals surface area contributed by atoms with E-state index in [1.165, 1.54) is 58.8 Å². The summed E-state index contributed by atoms with van der Waals surface area (Å²) in [4.78, 5) is 33.0. The average molecular weight is 482 g/mol. The molecule has 2 heterocycles. The number of aromatic nitrogens is 3. The molecular formula is C22H19N5O4S2. The van der Waals surface area contributed by atoms with Crippen molar-refractivity contribution in [2.24, 2.45) is 0 Å². The first kappa shape index (κ1) is 22.4. The van der Waals surface area contributed by atoms with Gasteiger partial charge in [0.2, 0.25) is 5.91 Å². The van der Waals surface area contributed by atoms with Gasteiger partial charge >= 0.3 is 0 Å². The van der Waals surface area contributed by atoms with E-state index < -0.39 is 15.9 Å². The summed E-state index contributed by atoms with van der Waals surface area (Å²) in [5.41, 5.74) is 2.48. The maximum atomic E-state index is 12.4. The Balaban J connectivity index is 1.40. The monoisotopic (exact) mass is 481 g/mol. The summed E-state index contributed by atoms with van der Waals surface area (Å²) in [5, 5.41) is 4.57. The summed E-state index contributed by atoms with van der Waals surface area (Å²) in [5.74, 6) is -0.446. The van der Waals surface area contributed by atoms with Gasteiger partial charge in [-0.3, -0.25) is 18.9 Å². The lowest BCUT2D eigenvalue weighted by molar-refractivity contribution is -0.116. The fourth-order valence-electron chi connectivity index (χ4n) is 2.95. The summed E-state index contributed by atoms with van der Waals surface area (Å²) in [6.45, 7) is 1.74. The number of carbonyl (C=O) groups excluding carboxylic acids is 1. The van der Waals surface area contributed by atoms with Crippen LogP contribution in [0.15, 0.2) is 82.2 Å². The highest BCUT2D eigenvalue weighted by Crippen LogP contribution is 2.20. The second-order valence-corrected chi connectivity index (χ2v) is 9.70. The minimum absolute atomic E-state index is 0.0304. The highest BCUT2D eigenvalue weighted by molar-refractivity contribution is 7.93. The molecule has 0 aliphatic rings. The Morgan fingerprint density at radius 2 is 1.79 bits per heavy atom. The first-order chi connectivity index (χ1) is 15.8. The Kier molecular flexibility index (Phi) is 6.33. The summed E-state index contributed by atoms with van der Waals surface area (Å²) in [7, 11) is -3.78. The van der Waals surface area contributed by atoms with Gasteiger partial charge in [0.1, 0.15) is 6.54 Å². The normalized spacial score (nSPS) is 11.2. The number of aryl methyl sites for hydroxylation is 1. The van der Waals surface area contributed by atoms with Gasteiger partial charge < -0.3 is 5.32 Å². The number of sulfonamides is 1. The molecule has 0 radical (unpaired) electrons. The Bertz CT molecular complexity index is 1430. The summed E-state index contributed by atoms with van der Waals surface area (Å²) < 4.78 is 28.3. The van der Waals surface area contributed by atoms with Gasteiger partial charge in [0.15, 0.2) is 5.13 Å². The zero-order valence-corrected chi connectivity index (χ0v) is 19.1. The number of rotatable bonds is 7. The highest BCUT2D eigenvalue weighted by Gasteiger charge is 2.15. The molecule has 0 atom stereocenters. The van der Waals surface area contributed by atoms with Crippen LogP contribution in [0.3, 0.4) is 0 Å². The second-order valence-electron chi connectivity index (χ2n) is 7.12. The zero-order chi connectivity index (χ0) is 23.4. The molecule has 4 aromatic rings. The molecule has 0 saturated carbocycles. The largest absolute Gasteiger partial charge is 0.325 e. The molecular weight excluding hydrogens is 462 g/mol. The second kappa shape index (κ2) is 9.35. The smallest absolute Gasteiger partial charge is 0.263 e. The lowest BCUT2D eigenvalue weighted by Crippen LogP contribution is -2.27. The Morgan fingerprint density at radius 1 is 1.06 bits per heavy atom. The topological polar surface area (TPSA) is 123 Å². The third kappa shape index (κ3) is 5.51. The molecule has 2 aromatic heterocycles. The number of carbonyl (C=O) groups is 1. The number of hydrogen-bond donors (Lipinski definition) is 2. The van der Waals surface area contributed by atoms with Crippen molar-refractivity contribution >= 4 is 38.1 Å². The van der Waals surface area contributed by atoms with E-state index >= 15 is 0 Å². The predicted molar refractivity (Wildman–Crippen MR) is 127 cm³/mol. The van der Waals surface area contributed by atoms with Crippen molar-refractivity contribution in [2.45, 2.75) is 18.4 Å². The maximum absolute atomic E-state index is 12.4. The van der Waals surface area contributed by atoms with E-state index in [4.69, 9.17) is 0 Å². The van der Waals surface area contributed by atoms with Gasteiger partial charge in [0.05, 0.1) is 16.9 Å². The van der Waals surface area contributed by atoms with Gasteiger partial charge in [-0.2, -0.15) is 0 Å². The molecule has 0 fully saturated rings. The third-order valence-corrected chi connectivity index (χ3v) is 6.82.